The van der Waals surface area contributed by atoms with Crippen molar-refractivity contribution in [2.45, 2.75) is 20.3 Å². The lowest BCUT2D eigenvalue weighted by molar-refractivity contribution is 0.480. The lowest BCUT2D eigenvalue weighted by Crippen LogP contribution is -1.91. The average Bonchev–Trinajstić information content (AvgIpc) is 2.47. The number of hydrogen-bond acceptors (Lipinski definition) is 3. The van der Waals surface area contributed by atoms with E-state index in [1.54, 1.807) is 17.4 Å². The molecule has 1 heterocycles. The van der Waals surface area contributed by atoms with E-state index in [1.165, 1.54) is 0 Å². The van der Waals surface area contributed by atoms with Crippen LogP contribution in [0, 0.1) is 5.92 Å². The highest BCUT2D eigenvalue weighted by Gasteiger charge is 2.07. The minimum atomic E-state index is 0.286. The maximum atomic E-state index is 9.56. The van der Waals surface area contributed by atoms with E-state index >= 15 is 0 Å². The highest BCUT2D eigenvalue weighted by Crippen LogP contribution is 2.29. The molecule has 2 nitrogen and oxygen atoms in total. The van der Waals surface area contributed by atoms with E-state index < -0.39 is 0 Å². The summed E-state index contributed by atoms with van der Waals surface area (Å²) in [6, 6.07) is 5.53. The van der Waals surface area contributed by atoms with Gasteiger partial charge in [-0.15, -0.1) is 11.3 Å². The number of hydrogen-bond donors (Lipinski definition) is 1. The predicted octanol–water partition coefficient (Wildman–Crippen LogP) is 3.20. The molecule has 0 saturated carbocycles. The lowest BCUT2D eigenvalue weighted by atomic mass is 10.1. The van der Waals surface area contributed by atoms with Crippen molar-refractivity contribution in [2.24, 2.45) is 5.92 Å². The molecule has 3 heteroatoms. The van der Waals surface area contributed by atoms with Gasteiger partial charge < -0.3 is 5.11 Å². The molecular weight excluding hydrogens is 194 g/mol. The Morgan fingerprint density at radius 3 is 2.86 bits per heavy atom. The van der Waals surface area contributed by atoms with Crippen LogP contribution in [0.4, 0.5) is 0 Å². The van der Waals surface area contributed by atoms with Crippen molar-refractivity contribution in [3.05, 3.63) is 23.2 Å². The van der Waals surface area contributed by atoms with E-state index in [2.05, 4.69) is 18.8 Å². The van der Waals surface area contributed by atoms with Gasteiger partial charge in [-0.3, -0.25) is 0 Å². The van der Waals surface area contributed by atoms with Crippen LogP contribution in [0.1, 0.15) is 18.9 Å². The molecule has 0 spiro atoms. The third kappa shape index (κ3) is 1.73. The normalized spacial score (nSPS) is 11.4. The molecule has 1 N–H and O–H groups in total. The summed E-state index contributed by atoms with van der Waals surface area (Å²) in [7, 11) is 0. The van der Waals surface area contributed by atoms with Gasteiger partial charge >= 0.3 is 0 Å². The second kappa shape index (κ2) is 3.58. The van der Waals surface area contributed by atoms with E-state index in [0.717, 1.165) is 21.6 Å². The lowest BCUT2D eigenvalue weighted by Gasteiger charge is -1.97. The number of nitrogens with zero attached hydrogens (tertiary/aromatic N) is 1. The smallest absolute Gasteiger partial charge is 0.142 e. The number of fused-ring (bicyclic) bond motifs is 1. The first-order valence-corrected chi connectivity index (χ1v) is 5.56. The Morgan fingerprint density at radius 1 is 1.43 bits per heavy atom. The van der Waals surface area contributed by atoms with Crippen LogP contribution in [-0.2, 0) is 6.42 Å². The van der Waals surface area contributed by atoms with Crippen LogP contribution in [-0.4, -0.2) is 10.1 Å². The number of phenols is 1. The Morgan fingerprint density at radius 2 is 2.21 bits per heavy atom. The van der Waals surface area contributed by atoms with Gasteiger partial charge in [0.25, 0.3) is 0 Å². The highest BCUT2D eigenvalue weighted by molar-refractivity contribution is 7.18. The molecule has 2 aromatic rings. The minimum Gasteiger partial charge on any atom is -0.506 e. The Hall–Kier alpha value is -1.09. The van der Waals surface area contributed by atoms with Crippen LogP contribution in [0.2, 0.25) is 0 Å². The first-order valence-electron chi connectivity index (χ1n) is 4.74. The fourth-order valence-electron chi connectivity index (χ4n) is 1.42. The summed E-state index contributed by atoms with van der Waals surface area (Å²) in [5, 5.41) is 10.7. The molecule has 0 radical (unpaired) electrons. The number of aromatic hydroxyl groups is 1. The monoisotopic (exact) mass is 207 g/mol. The maximum Gasteiger partial charge on any atom is 0.142 e. The quantitative estimate of drug-likeness (QED) is 0.820. The van der Waals surface area contributed by atoms with E-state index in [0.29, 0.717) is 5.92 Å². The topological polar surface area (TPSA) is 33.1 Å². The standard InChI is InChI=1S/C11H13NOS/c1-7(2)6-10-12-11-8(13)4-3-5-9(11)14-10/h3-5,7,13H,6H2,1-2H3. The third-order valence-corrected chi connectivity index (χ3v) is 3.07. The molecule has 0 amide bonds. The fourth-order valence-corrected chi connectivity index (χ4v) is 2.62. The first kappa shape index (κ1) is 9.46. The van der Waals surface area contributed by atoms with Crippen molar-refractivity contribution in [2.75, 3.05) is 0 Å². The number of benzene rings is 1. The molecule has 0 atom stereocenters. The van der Waals surface area contributed by atoms with Crippen LogP contribution < -0.4 is 0 Å². The summed E-state index contributed by atoms with van der Waals surface area (Å²) in [6.07, 6.45) is 0.985. The Balaban J connectivity index is 2.46. The highest BCUT2D eigenvalue weighted by atomic mass is 32.1. The van der Waals surface area contributed by atoms with Gasteiger partial charge in [0.2, 0.25) is 0 Å². The summed E-state index contributed by atoms with van der Waals surface area (Å²) in [4.78, 5) is 4.42. The summed E-state index contributed by atoms with van der Waals surface area (Å²) >= 11 is 1.67. The molecule has 0 aliphatic carbocycles. The van der Waals surface area contributed by atoms with E-state index in [-0.39, 0.29) is 5.75 Å². The zero-order chi connectivity index (χ0) is 10.1. The molecule has 0 saturated heterocycles. The van der Waals surface area contributed by atoms with Gasteiger partial charge in [-0.25, -0.2) is 4.98 Å². The van der Waals surface area contributed by atoms with Crippen LogP contribution >= 0.6 is 11.3 Å². The summed E-state index contributed by atoms with van der Waals surface area (Å²) in [5.41, 5.74) is 0.744. The number of phenolic OH excluding ortho intramolecular Hbond substituents is 1. The second-order valence-electron chi connectivity index (χ2n) is 3.83. The summed E-state index contributed by atoms with van der Waals surface area (Å²) in [6.45, 7) is 4.35. The molecule has 0 bridgehead atoms. The van der Waals surface area contributed by atoms with Crippen LogP contribution in [0.25, 0.3) is 10.2 Å². The molecular formula is C11H13NOS. The van der Waals surface area contributed by atoms with Crippen molar-refractivity contribution in [3.63, 3.8) is 0 Å². The molecule has 14 heavy (non-hydrogen) atoms. The van der Waals surface area contributed by atoms with Gasteiger partial charge in [-0.05, 0) is 18.1 Å². The second-order valence-corrected chi connectivity index (χ2v) is 4.94. The Labute approximate surface area is 87.2 Å². The van der Waals surface area contributed by atoms with Crippen molar-refractivity contribution in [1.82, 2.24) is 4.98 Å². The Bertz CT molecular complexity index is 447. The van der Waals surface area contributed by atoms with Crippen molar-refractivity contribution < 1.29 is 5.11 Å². The largest absolute Gasteiger partial charge is 0.506 e. The van der Waals surface area contributed by atoms with Crippen LogP contribution in [0.15, 0.2) is 18.2 Å². The van der Waals surface area contributed by atoms with Gasteiger partial charge in [-0.2, -0.15) is 0 Å². The van der Waals surface area contributed by atoms with Gasteiger partial charge in [0, 0.05) is 6.42 Å². The maximum absolute atomic E-state index is 9.56. The predicted molar refractivity (Wildman–Crippen MR) is 59.8 cm³/mol. The molecule has 2 rings (SSSR count). The zero-order valence-electron chi connectivity index (χ0n) is 8.32. The van der Waals surface area contributed by atoms with Gasteiger partial charge in [-0.1, -0.05) is 19.9 Å². The number of aromatic nitrogens is 1. The first-order chi connectivity index (χ1) is 6.66. The number of rotatable bonds is 2. The molecule has 0 aliphatic rings. The zero-order valence-corrected chi connectivity index (χ0v) is 9.14. The number of para-hydroxylation sites is 1. The summed E-state index contributed by atoms with van der Waals surface area (Å²) < 4.78 is 1.07. The van der Waals surface area contributed by atoms with Gasteiger partial charge in [0.15, 0.2) is 0 Å². The van der Waals surface area contributed by atoms with Crippen molar-refractivity contribution in [1.29, 1.82) is 0 Å². The molecule has 74 valence electrons. The van der Waals surface area contributed by atoms with Crippen molar-refractivity contribution in [3.8, 4) is 5.75 Å². The molecule has 0 fully saturated rings. The van der Waals surface area contributed by atoms with E-state index in [9.17, 15) is 5.11 Å². The summed E-state index contributed by atoms with van der Waals surface area (Å²) in [5.74, 6) is 0.895. The fraction of sp³-hybridized carbons (Fsp3) is 0.364. The number of thiazole rings is 1. The molecule has 0 unspecified atom stereocenters. The van der Waals surface area contributed by atoms with Crippen molar-refractivity contribution >= 4 is 21.6 Å². The van der Waals surface area contributed by atoms with Crippen LogP contribution in [0.3, 0.4) is 0 Å². The minimum absolute atomic E-state index is 0.286. The van der Waals surface area contributed by atoms with E-state index in [4.69, 9.17) is 0 Å². The SMILES string of the molecule is CC(C)Cc1nc2c(O)cccc2s1. The third-order valence-electron chi connectivity index (χ3n) is 2.02. The molecule has 0 aliphatic heterocycles. The molecule has 1 aromatic carbocycles. The van der Waals surface area contributed by atoms with Crippen LogP contribution in [0.5, 0.6) is 5.75 Å². The Kier molecular flexibility index (Phi) is 2.42. The van der Waals surface area contributed by atoms with Gasteiger partial charge in [0.05, 0.1) is 9.71 Å². The van der Waals surface area contributed by atoms with Gasteiger partial charge in [0.1, 0.15) is 11.3 Å². The molecule has 1 aromatic heterocycles. The van der Waals surface area contributed by atoms with E-state index in [1.807, 2.05) is 12.1 Å². The average molecular weight is 207 g/mol.